The van der Waals surface area contributed by atoms with E-state index in [0.717, 1.165) is 17.8 Å². The van der Waals surface area contributed by atoms with Crippen LogP contribution in [0.15, 0.2) is 0 Å². The van der Waals surface area contributed by atoms with Crippen molar-refractivity contribution in [2.24, 2.45) is 23.7 Å². The van der Waals surface area contributed by atoms with Crippen LogP contribution in [-0.4, -0.2) is 11.2 Å². The Morgan fingerprint density at radius 1 is 0.950 bits per heavy atom. The summed E-state index contributed by atoms with van der Waals surface area (Å²) in [5.74, 6) is 3.25. The van der Waals surface area contributed by atoms with E-state index in [4.69, 9.17) is 0 Å². The highest BCUT2D eigenvalue weighted by Crippen LogP contribution is 2.34. The largest absolute Gasteiger partial charge is 0.393 e. The van der Waals surface area contributed by atoms with Crippen LogP contribution >= 0.6 is 0 Å². The third-order valence-electron chi connectivity index (χ3n) is 5.29. The molecule has 1 saturated carbocycles. The highest BCUT2D eigenvalue weighted by molar-refractivity contribution is 4.76. The van der Waals surface area contributed by atoms with Crippen LogP contribution in [0.4, 0.5) is 0 Å². The van der Waals surface area contributed by atoms with Crippen molar-refractivity contribution in [1.82, 2.24) is 0 Å². The molecule has 0 bridgehead atoms. The number of rotatable bonds is 9. The second kappa shape index (κ2) is 9.82. The van der Waals surface area contributed by atoms with Gasteiger partial charge in [0, 0.05) is 0 Å². The van der Waals surface area contributed by atoms with Gasteiger partial charge in [0.1, 0.15) is 0 Å². The molecule has 0 aromatic heterocycles. The van der Waals surface area contributed by atoms with Crippen LogP contribution in [0.1, 0.15) is 91.9 Å². The van der Waals surface area contributed by atoms with Gasteiger partial charge in [0.05, 0.1) is 6.10 Å². The summed E-state index contributed by atoms with van der Waals surface area (Å²) in [6, 6.07) is 0. The third kappa shape index (κ3) is 7.67. The molecule has 0 aliphatic heterocycles. The van der Waals surface area contributed by atoms with Crippen molar-refractivity contribution >= 4 is 0 Å². The SMILES string of the molecule is CC(C)CCCC(C)CCCC1CCCC(C(C)O)C1. The van der Waals surface area contributed by atoms with E-state index in [2.05, 4.69) is 20.8 Å². The summed E-state index contributed by atoms with van der Waals surface area (Å²) in [7, 11) is 0. The van der Waals surface area contributed by atoms with Gasteiger partial charge in [-0.05, 0) is 43.4 Å². The van der Waals surface area contributed by atoms with Crippen molar-refractivity contribution in [2.75, 3.05) is 0 Å². The van der Waals surface area contributed by atoms with Gasteiger partial charge < -0.3 is 5.11 Å². The normalized spacial score (nSPS) is 26.7. The number of aliphatic hydroxyl groups excluding tert-OH is 1. The van der Waals surface area contributed by atoms with Crippen molar-refractivity contribution in [1.29, 1.82) is 0 Å². The van der Waals surface area contributed by atoms with Crippen LogP contribution < -0.4 is 0 Å². The lowest BCUT2D eigenvalue weighted by Gasteiger charge is -2.31. The fourth-order valence-corrected chi connectivity index (χ4v) is 3.81. The molecule has 4 atom stereocenters. The van der Waals surface area contributed by atoms with Gasteiger partial charge in [-0.1, -0.05) is 72.1 Å². The van der Waals surface area contributed by atoms with E-state index in [1.807, 2.05) is 6.92 Å². The molecule has 0 amide bonds. The van der Waals surface area contributed by atoms with Crippen LogP contribution in [0.25, 0.3) is 0 Å². The molecule has 20 heavy (non-hydrogen) atoms. The lowest BCUT2D eigenvalue weighted by Crippen LogP contribution is -2.24. The molecule has 1 heteroatoms. The van der Waals surface area contributed by atoms with Gasteiger partial charge in [-0.2, -0.15) is 0 Å². The molecule has 1 aliphatic rings. The molecule has 0 spiro atoms. The molecule has 0 aromatic carbocycles. The highest BCUT2D eigenvalue weighted by atomic mass is 16.3. The molecule has 1 N–H and O–H groups in total. The van der Waals surface area contributed by atoms with Crippen molar-refractivity contribution < 1.29 is 5.11 Å². The molecule has 0 heterocycles. The maximum atomic E-state index is 9.75. The zero-order chi connectivity index (χ0) is 15.0. The quantitative estimate of drug-likeness (QED) is 0.566. The Hall–Kier alpha value is -0.0400. The maximum absolute atomic E-state index is 9.75. The Morgan fingerprint density at radius 2 is 1.65 bits per heavy atom. The zero-order valence-electron chi connectivity index (χ0n) is 14.4. The summed E-state index contributed by atoms with van der Waals surface area (Å²) in [5.41, 5.74) is 0. The zero-order valence-corrected chi connectivity index (χ0v) is 14.4. The summed E-state index contributed by atoms with van der Waals surface area (Å²) >= 11 is 0. The average molecular weight is 283 g/mol. The van der Waals surface area contributed by atoms with Gasteiger partial charge in [-0.3, -0.25) is 0 Å². The predicted octanol–water partition coefficient (Wildman–Crippen LogP) is 5.81. The smallest absolute Gasteiger partial charge is 0.0540 e. The lowest BCUT2D eigenvalue weighted by molar-refractivity contribution is 0.0808. The number of aliphatic hydroxyl groups is 1. The Balaban J connectivity index is 2.08. The van der Waals surface area contributed by atoms with Gasteiger partial charge >= 0.3 is 0 Å². The van der Waals surface area contributed by atoms with Crippen molar-refractivity contribution in [3.63, 3.8) is 0 Å². The van der Waals surface area contributed by atoms with E-state index in [0.29, 0.717) is 5.92 Å². The van der Waals surface area contributed by atoms with E-state index < -0.39 is 0 Å². The molecule has 4 unspecified atom stereocenters. The molecule has 120 valence electrons. The number of hydrogen-bond acceptors (Lipinski definition) is 1. The van der Waals surface area contributed by atoms with Gasteiger partial charge in [0.25, 0.3) is 0 Å². The Kier molecular flexibility index (Phi) is 8.84. The van der Waals surface area contributed by atoms with Crippen molar-refractivity contribution in [2.45, 2.75) is 98.0 Å². The highest BCUT2D eigenvalue weighted by Gasteiger charge is 2.24. The third-order valence-corrected chi connectivity index (χ3v) is 5.29. The first-order valence-electron chi connectivity index (χ1n) is 9.17. The van der Waals surface area contributed by atoms with E-state index in [1.165, 1.54) is 64.2 Å². The molecule has 1 aliphatic carbocycles. The minimum absolute atomic E-state index is 0.0900. The Labute approximate surface area is 127 Å². The van der Waals surface area contributed by atoms with Crippen molar-refractivity contribution in [3.05, 3.63) is 0 Å². The summed E-state index contributed by atoms with van der Waals surface area (Å²) in [6.07, 6.45) is 13.6. The van der Waals surface area contributed by atoms with Gasteiger partial charge in [-0.15, -0.1) is 0 Å². The monoisotopic (exact) mass is 282 g/mol. The van der Waals surface area contributed by atoms with Gasteiger partial charge in [0.2, 0.25) is 0 Å². The van der Waals surface area contributed by atoms with Crippen LogP contribution in [0, 0.1) is 23.7 Å². The first-order chi connectivity index (χ1) is 9.49. The molecule has 1 rings (SSSR count). The van der Waals surface area contributed by atoms with E-state index in [9.17, 15) is 5.11 Å². The van der Waals surface area contributed by atoms with E-state index in [1.54, 1.807) is 0 Å². The summed E-state index contributed by atoms with van der Waals surface area (Å²) in [5, 5.41) is 9.75. The second-order valence-corrected chi connectivity index (χ2v) is 7.89. The topological polar surface area (TPSA) is 20.2 Å². The van der Waals surface area contributed by atoms with Crippen LogP contribution in [0.3, 0.4) is 0 Å². The van der Waals surface area contributed by atoms with Crippen molar-refractivity contribution in [3.8, 4) is 0 Å². The molecular weight excluding hydrogens is 244 g/mol. The lowest BCUT2D eigenvalue weighted by atomic mass is 9.77. The molecule has 0 aromatic rings. The molecule has 0 radical (unpaired) electrons. The van der Waals surface area contributed by atoms with E-state index in [-0.39, 0.29) is 6.10 Å². The first-order valence-corrected chi connectivity index (χ1v) is 9.17. The first kappa shape index (κ1) is 18.0. The molecule has 1 nitrogen and oxygen atoms in total. The number of hydrogen-bond donors (Lipinski definition) is 1. The van der Waals surface area contributed by atoms with Gasteiger partial charge in [-0.25, -0.2) is 0 Å². The summed E-state index contributed by atoms with van der Waals surface area (Å²) < 4.78 is 0. The Morgan fingerprint density at radius 3 is 2.30 bits per heavy atom. The minimum atomic E-state index is -0.0900. The predicted molar refractivity (Wildman–Crippen MR) is 88.8 cm³/mol. The summed E-state index contributed by atoms with van der Waals surface area (Å²) in [6.45, 7) is 9.06. The van der Waals surface area contributed by atoms with Crippen LogP contribution in [0.5, 0.6) is 0 Å². The standard InChI is InChI=1S/C19H38O/c1-15(2)8-5-9-16(3)10-6-11-18-12-7-13-19(14-18)17(4)20/h15-20H,5-14H2,1-4H3. The van der Waals surface area contributed by atoms with Crippen LogP contribution in [0.2, 0.25) is 0 Å². The minimum Gasteiger partial charge on any atom is -0.393 e. The average Bonchev–Trinajstić information content (AvgIpc) is 2.38. The molecular formula is C19H38O. The fourth-order valence-electron chi connectivity index (χ4n) is 3.81. The van der Waals surface area contributed by atoms with E-state index >= 15 is 0 Å². The fraction of sp³-hybridized carbons (Fsp3) is 1.00. The molecule has 0 saturated heterocycles. The summed E-state index contributed by atoms with van der Waals surface area (Å²) in [4.78, 5) is 0. The molecule has 1 fully saturated rings. The Bertz CT molecular complexity index is 234. The van der Waals surface area contributed by atoms with Gasteiger partial charge in [0.15, 0.2) is 0 Å². The van der Waals surface area contributed by atoms with Crippen LogP contribution in [-0.2, 0) is 0 Å². The maximum Gasteiger partial charge on any atom is 0.0540 e. The second-order valence-electron chi connectivity index (χ2n) is 7.89.